The van der Waals surface area contributed by atoms with Crippen LogP contribution >= 0.6 is 0 Å². The molecule has 0 bridgehead atoms. The van der Waals surface area contributed by atoms with Crippen molar-refractivity contribution in [3.8, 4) is 22.8 Å². The molecule has 3 aromatic heterocycles. The second-order valence-electron chi connectivity index (χ2n) is 16.9. The van der Waals surface area contributed by atoms with Gasteiger partial charge in [-0.05, 0) is 106 Å². The Morgan fingerprint density at radius 3 is 1.22 bits per heavy atom. The highest BCUT2D eigenvalue weighted by Gasteiger charge is 2.39. The van der Waals surface area contributed by atoms with Gasteiger partial charge < -0.3 is 9.80 Å². The van der Waals surface area contributed by atoms with Crippen molar-refractivity contribution in [1.29, 1.82) is 0 Å². The van der Waals surface area contributed by atoms with Crippen LogP contribution in [-0.4, -0.2) is 37.3 Å². The summed E-state index contributed by atoms with van der Waals surface area (Å²) < 4.78 is 4.24. The van der Waals surface area contributed by atoms with Crippen LogP contribution < -0.4 is 20.2 Å². The van der Waals surface area contributed by atoms with Gasteiger partial charge in [-0.2, -0.15) is 0 Å². The molecule has 8 nitrogen and oxygen atoms in total. The lowest BCUT2D eigenvalue weighted by Crippen LogP contribution is -2.58. The highest BCUT2D eigenvalue weighted by molar-refractivity contribution is 7.02. The summed E-state index contributed by atoms with van der Waals surface area (Å²) >= 11 is 0. The minimum atomic E-state index is -1.88. The fourth-order valence-electron chi connectivity index (χ4n) is 9.94. The number of rotatable bonds is 4. The van der Waals surface area contributed by atoms with Gasteiger partial charge in [-0.15, -0.1) is 20.4 Å². The normalized spacial score (nSPS) is 14.9. The van der Waals surface area contributed by atoms with Crippen molar-refractivity contribution in [3.05, 3.63) is 181 Å². The fraction of sp³-hybridized carbons (Fsp3) is 0.0980. The molecule has 12 rings (SSSR count). The van der Waals surface area contributed by atoms with Gasteiger partial charge in [0.25, 0.3) is 0 Å². The molecule has 0 spiro atoms. The average Bonchev–Trinajstić information content (AvgIpc) is 3.94. The van der Waals surface area contributed by atoms with E-state index in [1.165, 1.54) is 44.2 Å². The van der Waals surface area contributed by atoms with Crippen LogP contribution in [0.1, 0.15) is 25.0 Å². The molecule has 0 saturated carbocycles. The molecule has 0 fully saturated rings. The summed E-state index contributed by atoms with van der Waals surface area (Å²) in [6, 6.07) is 61.0. The zero-order valence-corrected chi connectivity index (χ0v) is 34.7. The van der Waals surface area contributed by atoms with Crippen molar-refractivity contribution < 1.29 is 0 Å². The molecular formula is C51H40N8Si. The van der Waals surface area contributed by atoms with Crippen molar-refractivity contribution in [3.63, 3.8) is 0 Å². The number of aromatic nitrogens is 6. The Bertz CT molecular complexity index is 3020. The predicted octanol–water partition coefficient (Wildman–Crippen LogP) is 11.0. The predicted molar refractivity (Wildman–Crippen MR) is 246 cm³/mol. The molecule has 2 aliphatic heterocycles. The molecule has 288 valence electrons. The number of nitrogens with zero attached hydrogens (tertiary/aromatic N) is 8. The summed E-state index contributed by atoms with van der Waals surface area (Å²) in [5.41, 5.74) is 14.7. The van der Waals surface area contributed by atoms with E-state index in [-0.39, 0.29) is 5.41 Å². The van der Waals surface area contributed by atoms with Crippen LogP contribution in [0.2, 0.25) is 13.1 Å². The number of hydrogen-bond donors (Lipinski definition) is 0. The van der Waals surface area contributed by atoms with Crippen LogP contribution in [-0.2, 0) is 5.41 Å². The van der Waals surface area contributed by atoms with Crippen molar-refractivity contribution in [2.75, 3.05) is 9.80 Å². The summed E-state index contributed by atoms with van der Waals surface area (Å²) in [6.07, 6.45) is 0. The average molecular weight is 793 g/mol. The van der Waals surface area contributed by atoms with Crippen LogP contribution in [0.15, 0.2) is 170 Å². The second kappa shape index (κ2) is 12.6. The molecule has 0 amide bonds. The topological polar surface area (TPSA) is 66.9 Å². The van der Waals surface area contributed by atoms with Crippen LogP contribution in [0.25, 0.3) is 45.1 Å². The Labute approximate surface area is 348 Å². The van der Waals surface area contributed by atoms with Crippen molar-refractivity contribution in [2.45, 2.75) is 32.4 Å². The SMILES string of the molecule is CC1(C)c2ccccc2N(c2ccc(-c3nnc4c5nnc(-c6ccc(N7c8ccccc8[Si](C)(C)c8ccccc87)cc6)n5c5ccccc5n34)cc2)c2ccccc21. The number of anilines is 6. The quantitative estimate of drug-likeness (QED) is 0.165. The third kappa shape index (κ3) is 4.78. The summed E-state index contributed by atoms with van der Waals surface area (Å²) in [5.74, 6) is 1.50. The zero-order valence-electron chi connectivity index (χ0n) is 33.7. The molecule has 60 heavy (non-hydrogen) atoms. The summed E-state index contributed by atoms with van der Waals surface area (Å²) in [7, 11) is -1.88. The summed E-state index contributed by atoms with van der Waals surface area (Å²) in [4.78, 5) is 4.78. The second-order valence-corrected chi connectivity index (χ2v) is 21.3. The number of benzene rings is 7. The minimum Gasteiger partial charge on any atom is -0.311 e. The lowest BCUT2D eigenvalue weighted by atomic mass is 9.73. The summed E-state index contributed by atoms with van der Waals surface area (Å²) in [5, 5.41) is 22.1. The van der Waals surface area contributed by atoms with E-state index in [1.54, 1.807) is 0 Å². The lowest BCUT2D eigenvalue weighted by Gasteiger charge is -2.42. The molecular weight excluding hydrogens is 753 g/mol. The van der Waals surface area contributed by atoms with E-state index in [0.29, 0.717) is 11.3 Å². The third-order valence-corrected chi connectivity index (χ3v) is 16.5. The first-order chi connectivity index (χ1) is 29.3. The molecule has 9 heteroatoms. The Morgan fingerprint density at radius 2 is 0.767 bits per heavy atom. The minimum absolute atomic E-state index is 0.118. The zero-order chi connectivity index (χ0) is 40.3. The van der Waals surface area contributed by atoms with E-state index in [2.05, 4.69) is 215 Å². The van der Waals surface area contributed by atoms with Gasteiger partial charge in [-0.25, -0.2) is 0 Å². The lowest BCUT2D eigenvalue weighted by molar-refractivity contribution is 0.632. The van der Waals surface area contributed by atoms with Gasteiger partial charge in [0, 0.05) is 39.3 Å². The van der Waals surface area contributed by atoms with Crippen LogP contribution in [0.5, 0.6) is 0 Å². The highest BCUT2D eigenvalue weighted by atomic mass is 28.3. The maximum atomic E-state index is 4.81. The molecule has 5 heterocycles. The van der Waals surface area contributed by atoms with Crippen LogP contribution in [0.4, 0.5) is 34.1 Å². The van der Waals surface area contributed by atoms with E-state index in [1.807, 2.05) is 0 Å². The van der Waals surface area contributed by atoms with Gasteiger partial charge in [-0.1, -0.05) is 112 Å². The van der Waals surface area contributed by atoms with Gasteiger partial charge in [0.1, 0.15) is 8.07 Å². The smallest absolute Gasteiger partial charge is 0.207 e. The molecule has 0 radical (unpaired) electrons. The van der Waals surface area contributed by atoms with E-state index in [0.717, 1.165) is 45.2 Å². The molecule has 0 unspecified atom stereocenters. The first kappa shape index (κ1) is 34.7. The Hall–Kier alpha value is -7.36. The van der Waals surface area contributed by atoms with E-state index >= 15 is 0 Å². The van der Waals surface area contributed by atoms with E-state index in [9.17, 15) is 0 Å². The first-order valence-electron chi connectivity index (χ1n) is 20.5. The largest absolute Gasteiger partial charge is 0.311 e. The Balaban J connectivity index is 0.945. The van der Waals surface area contributed by atoms with Crippen molar-refractivity contribution in [2.24, 2.45) is 0 Å². The fourth-order valence-corrected chi connectivity index (χ4v) is 12.9. The summed E-state index contributed by atoms with van der Waals surface area (Å²) in [6.45, 7) is 9.53. The maximum Gasteiger partial charge on any atom is 0.207 e. The Morgan fingerprint density at radius 1 is 0.400 bits per heavy atom. The number of fused-ring (bicyclic) bond motifs is 10. The van der Waals surface area contributed by atoms with Crippen molar-refractivity contribution >= 4 is 74.9 Å². The van der Waals surface area contributed by atoms with Crippen molar-refractivity contribution in [1.82, 2.24) is 29.2 Å². The van der Waals surface area contributed by atoms with Gasteiger partial charge in [0.05, 0.1) is 22.4 Å². The monoisotopic (exact) mass is 792 g/mol. The molecule has 0 atom stereocenters. The first-order valence-corrected chi connectivity index (χ1v) is 23.5. The van der Waals surface area contributed by atoms with Gasteiger partial charge >= 0.3 is 0 Å². The molecule has 2 aliphatic rings. The Kier molecular flexibility index (Phi) is 7.26. The molecule has 0 saturated heterocycles. The number of hydrogen-bond acceptors (Lipinski definition) is 6. The van der Waals surface area contributed by atoms with Gasteiger partial charge in [0.15, 0.2) is 11.6 Å². The van der Waals surface area contributed by atoms with Gasteiger partial charge in [0.2, 0.25) is 11.3 Å². The van der Waals surface area contributed by atoms with Crippen LogP contribution in [0, 0.1) is 0 Å². The standard InChI is InChI=1S/C51H40N8Si/c1-51(2)37-15-5-7-17-39(37)56(40-18-8-6-16-38(40)51)35-29-25-33(26-30-35)47-52-54-49-50-55-53-48(59(50)42-20-10-9-19-41(42)58(47)49)34-27-31-36(32-28-34)57-43-21-11-13-23-45(43)60(3,4)46-24-14-12-22-44(46)57/h5-32H,1-4H3. The highest BCUT2D eigenvalue weighted by Crippen LogP contribution is 2.51. The molecule has 7 aromatic carbocycles. The van der Waals surface area contributed by atoms with E-state index in [4.69, 9.17) is 20.4 Å². The van der Waals surface area contributed by atoms with Crippen LogP contribution in [0.3, 0.4) is 0 Å². The molecule has 10 aromatic rings. The number of para-hydroxylation sites is 6. The van der Waals surface area contributed by atoms with E-state index < -0.39 is 8.07 Å². The molecule has 0 aliphatic carbocycles. The molecule has 0 N–H and O–H groups in total. The maximum absolute atomic E-state index is 4.81. The third-order valence-electron chi connectivity index (χ3n) is 12.9. The van der Waals surface area contributed by atoms with Gasteiger partial charge in [-0.3, -0.25) is 8.80 Å².